The van der Waals surface area contributed by atoms with Crippen LogP contribution in [0.25, 0.3) is 6.08 Å². The Kier molecular flexibility index (Phi) is 7.45. The van der Waals surface area contributed by atoms with E-state index < -0.39 is 22.8 Å². The molecule has 0 aromatic heterocycles. The molecule has 1 heterocycles. The zero-order valence-corrected chi connectivity index (χ0v) is 21.4. The molecule has 11 heteroatoms. The summed E-state index contributed by atoms with van der Waals surface area (Å²) in [5.74, 6) is -1.18. The smallest absolute Gasteiger partial charge is 0.335 e. The first-order valence-corrected chi connectivity index (χ1v) is 11.7. The number of imide groups is 2. The number of nitrogens with zero attached hydrogens (tertiary/aromatic N) is 2. The van der Waals surface area contributed by atoms with E-state index in [9.17, 15) is 24.5 Å². The van der Waals surface area contributed by atoms with Crippen LogP contribution in [0.3, 0.4) is 0 Å². The van der Waals surface area contributed by atoms with E-state index in [0.717, 1.165) is 16.0 Å². The lowest BCUT2D eigenvalue weighted by molar-refractivity contribution is -0.384. The number of ether oxygens (including phenoxy) is 2. The van der Waals surface area contributed by atoms with E-state index in [1.54, 1.807) is 24.3 Å². The number of halogens is 1. The van der Waals surface area contributed by atoms with Gasteiger partial charge in [-0.2, -0.15) is 0 Å². The molecule has 1 fully saturated rings. The average molecular weight is 536 g/mol. The largest absolute Gasteiger partial charge is 0.493 e. The molecule has 4 rings (SSSR count). The second kappa shape index (κ2) is 10.7. The number of barbiturate groups is 1. The third kappa shape index (κ3) is 5.50. The maximum absolute atomic E-state index is 13.3. The Bertz CT molecular complexity index is 1480. The van der Waals surface area contributed by atoms with Crippen molar-refractivity contribution in [1.29, 1.82) is 0 Å². The van der Waals surface area contributed by atoms with Gasteiger partial charge in [-0.1, -0.05) is 17.7 Å². The first kappa shape index (κ1) is 26.4. The zero-order valence-electron chi connectivity index (χ0n) is 20.6. The highest BCUT2D eigenvalue weighted by molar-refractivity contribution is 6.39. The van der Waals surface area contributed by atoms with Crippen molar-refractivity contribution in [2.45, 2.75) is 20.5 Å². The predicted octanol–water partition coefficient (Wildman–Crippen LogP) is 5.12. The number of anilines is 1. The molecule has 0 unspecified atom stereocenters. The first-order valence-electron chi connectivity index (χ1n) is 11.3. The molecule has 3 aromatic carbocycles. The summed E-state index contributed by atoms with van der Waals surface area (Å²) in [6.45, 7) is 3.73. The highest BCUT2D eigenvalue weighted by atomic mass is 35.5. The predicted molar refractivity (Wildman–Crippen MR) is 140 cm³/mol. The van der Waals surface area contributed by atoms with Crippen molar-refractivity contribution in [2.75, 3.05) is 12.0 Å². The Hall–Kier alpha value is -4.70. The maximum atomic E-state index is 13.3. The van der Waals surface area contributed by atoms with Crippen LogP contribution in [0.1, 0.15) is 22.3 Å². The van der Waals surface area contributed by atoms with Crippen molar-refractivity contribution in [3.63, 3.8) is 0 Å². The number of carbonyl (C=O) groups excluding carboxylic acids is 3. The van der Waals surface area contributed by atoms with Gasteiger partial charge in [0.25, 0.3) is 17.5 Å². The van der Waals surface area contributed by atoms with Crippen LogP contribution < -0.4 is 19.7 Å². The highest BCUT2D eigenvalue weighted by Crippen LogP contribution is 2.38. The number of amides is 4. The van der Waals surface area contributed by atoms with Gasteiger partial charge in [-0.25, -0.2) is 9.69 Å². The molecule has 194 valence electrons. The van der Waals surface area contributed by atoms with Crippen molar-refractivity contribution >= 4 is 46.9 Å². The summed E-state index contributed by atoms with van der Waals surface area (Å²) in [6.07, 6.45) is 1.31. The van der Waals surface area contributed by atoms with Crippen molar-refractivity contribution in [2.24, 2.45) is 0 Å². The fraction of sp³-hybridized carbons (Fsp3) is 0.148. The molecule has 0 saturated carbocycles. The molecule has 0 radical (unpaired) electrons. The minimum atomic E-state index is -0.840. The summed E-state index contributed by atoms with van der Waals surface area (Å²) in [6, 6.07) is 13.3. The molecule has 0 aliphatic carbocycles. The number of nitro benzene ring substituents is 1. The lowest BCUT2D eigenvalue weighted by atomic mass is 10.0. The molecule has 1 aliphatic heterocycles. The van der Waals surface area contributed by atoms with Crippen LogP contribution in [-0.2, 0) is 16.2 Å². The standard InChI is InChI=1S/C27H22ClN3O7/c1-15-8-16(2)10-20(9-15)30-26(33)21(25(32)29-27(30)34)11-18-12-22(28)24(23(13-18)37-3)38-14-17-4-6-19(7-5-17)31(35)36/h4-13H,14H2,1-3H3,(H,29,32,34)/b21-11+. The number of non-ortho nitro benzene ring substituents is 1. The van der Waals surface area contributed by atoms with Gasteiger partial charge in [-0.15, -0.1) is 0 Å². The van der Waals surface area contributed by atoms with Gasteiger partial charge in [0.2, 0.25) is 0 Å². The molecule has 4 amide bonds. The van der Waals surface area contributed by atoms with Crippen molar-refractivity contribution in [3.05, 3.63) is 97.6 Å². The fourth-order valence-corrected chi connectivity index (χ4v) is 4.24. The van der Waals surface area contributed by atoms with E-state index >= 15 is 0 Å². The molecule has 1 saturated heterocycles. The van der Waals surface area contributed by atoms with Crippen molar-refractivity contribution in [1.82, 2.24) is 5.32 Å². The molecule has 0 spiro atoms. The van der Waals surface area contributed by atoms with Gasteiger partial charge >= 0.3 is 6.03 Å². The molecule has 1 aliphatic rings. The van der Waals surface area contributed by atoms with E-state index in [1.807, 2.05) is 19.9 Å². The monoisotopic (exact) mass is 535 g/mol. The number of hydrogen-bond acceptors (Lipinski definition) is 7. The summed E-state index contributed by atoms with van der Waals surface area (Å²) < 4.78 is 11.2. The lowest BCUT2D eigenvalue weighted by Gasteiger charge is -2.27. The van der Waals surface area contributed by atoms with Crippen LogP contribution in [0.2, 0.25) is 5.02 Å². The summed E-state index contributed by atoms with van der Waals surface area (Å²) in [5.41, 5.74) is 2.77. The molecule has 38 heavy (non-hydrogen) atoms. The van der Waals surface area contributed by atoms with Crippen LogP contribution in [0, 0.1) is 24.0 Å². The fourth-order valence-electron chi connectivity index (χ4n) is 3.97. The van der Waals surface area contributed by atoms with Gasteiger partial charge in [-0.3, -0.25) is 25.0 Å². The van der Waals surface area contributed by atoms with Crippen molar-refractivity contribution in [3.8, 4) is 11.5 Å². The third-order valence-electron chi connectivity index (χ3n) is 5.66. The number of urea groups is 1. The molecule has 10 nitrogen and oxygen atoms in total. The number of methoxy groups -OCH3 is 1. The SMILES string of the molecule is COc1cc(/C=C2\C(=O)NC(=O)N(c3cc(C)cc(C)c3)C2=O)cc(Cl)c1OCc1ccc([N+](=O)[O-])cc1. The van der Waals surface area contributed by atoms with E-state index in [-0.39, 0.29) is 34.4 Å². The topological polar surface area (TPSA) is 128 Å². The third-order valence-corrected chi connectivity index (χ3v) is 5.94. The number of rotatable bonds is 7. The summed E-state index contributed by atoms with van der Waals surface area (Å²) >= 11 is 6.45. The van der Waals surface area contributed by atoms with Gasteiger partial charge in [0.15, 0.2) is 11.5 Å². The molecular formula is C27H22ClN3O7. The number of aryl methyl sites for hydroxylation is 2. The first-order chi connectivity index (χ1) is 18.1. The lowest BCUT2D eigenvalue weighted by Crippen LogP contribution is -2.54. The number of nitrogens with one attached hydrogen (secondary N) is 1. The second-order valence-electron chi connectivity index (χ2n) is 8.55. The Labute approximate surface area is 222 Å². The molecule has 0 bridgehead atoms. The van der Waals surface area contributed by atoms with Gasteiger partial charge in [0.05, 0.1) is 22.7 Å². The Morgan fingerprint density at radius 1 is 1.03 bits per heavy atom. The normalized spacial score (nSPS) is 14.5. The zero-order chi connectivity index (χ0) is 27.6. The number of nitro groups is 1. The quantitative estimate of drug-likeness (QED) is 0.192. The molecular weight excluding hydrogens is 514 g/mol. The van der Waals surface area contributed by atoms with E-state index in [1.165, 1.54) is 37.5 Å². The Morgan fingerprint density at radius 3 is 2.29 bits per heavy atom. The van der Waals surface area contributed by atoms with E-state index in [0.29, 0.717) is 16.8 Å². The van der Waals surface area contributed by atoms with Gasteiger partial charge in [0.1, 0.15) is 12.2 Å². The van der Waals surface area contributed by atoms with Crippen LogP contribution in [0.15, 0.2) is 60.2 Å². The summed E-state index contributed by atoms with van der Waals surface area (Å²) in [7, 11) is 1.40. The molecule has 1 N–H and O–H groups in total. The number of carbonyl (C=O) groups is 3. The minimum Gasteiger partial charge on any atom is -0.493 e. The number of benzene rings is 3. The van der Waals surface area contributed by atoms with E-state index in [2.05, 4.69) is 5.32 Å². The van der Waals surface area contributed by atoms with Crippen LogP contribution in [-0.4, -0.2) is 29.9 Å². The Balaban J connectivity index is 1.62. The van der Waals surface area contributed by atoms with E-state index in [4.69, 9.17) is 21.1 Å². The highest BCUT2D eigenvalue weighted by Gasteiger charge is 2.37. The average Bonchev–Trinajstić information content (AvgIpc) is 2.85. The summed E-state index contributed by atoms with van der Waals surface area (Å²) in [4.78, 5) is 49.6. The van der Waals surface area contributed by atoms with Crippen molar-refractivity contribution < 1.29 is 28.8 Å². The minimum absolute atomic E-state index is 0.0409. The molecule has 0 atom stereocenters. The van der Waals surface area contributed by atoms with Gasteiger partial charge in [0, 0.05) is 12.1 Å². The van der Waals surface area contributed by atoms with Crippen LogP contribution in [0.4, 0.5) is 16.2 Å². The van der Waals surface area contributed by atoms with Crippen LogP contribution >= 0.6 is 11.6 Å². The van der Waals surface area contributed by atoms with Gasteiger partial charge < -0.3 is 9.47 Å². The number of hydrogen-bond donors (Lipinski definition) is 1. The maximum Gasteiger partial charge on any atom is 0.335 e. The second-order valence-corrected chi connectivity index (χ2v) is 8.96. The molecule has 3 aromatic rings. The Morgan fingerprint density at radius 2 is 1.68 bits per heavy atom. The van der Waals surface area contributed by atoms with Gasteiger partial charge in [-0.05, 0) is 78.6 Å². The van der Waals surface area contributed by atoms with Crippen LogP contribution in [0.5, 0.6) is 11.5 Å². The summed E-state index contributed by atoms with van der Waals surface area (Å²) in [5, 5.41) is 13.2.